The molecule has 0 bridgehead atoms. The minimum atomic E-state index is -0.0484. The Morgan fingerprint density at radius 3 is 2.41 bits per heavy atom. The highest BCUT2D eigenvalue weighted by Gasteiger charge is 2.17. The molecule has 0 aliphatic rings. The summed E-state index contributed by atoms with van der Waals surface area (Å²) in [7, 11) is 1.63. The summed E-state index contributed by atoms with van der Waals surface area (Å²) in [5, 5.41) is 20.1. The van der Waals surface area contributed by atoms with E-state index in [1.54, 1.807) is 13.2 Å². The Labute approximate surface area is 166 Å². The molecule has 3 aromatic carbocycles. The fourth-order valence-corrected chi connectivity index (χ4v) is 3.50. The number of nitrogens with zero attached hydrogens (tertiary/aromatic N) is 3. The van der Waals surface area contributed by atoms with Gasteiger partial charge in [0, 0.05) is 23.4 Å². The lowest BCUT2D eigenvalue weighted by molar-refractivity contribution is 0.415. The molecule has 5 aromatic rings. The van der Waals surface area contributed by atoms with Crippen molar-refractivity contribution in [1.82, 2.24) is 14.4 Å². The van der Waals surface area contributed by atoms with Crippen LogP contribution in [0, 0.1) is 0 Å². The number of aromatic nitrogens is 3. The monoisotopic (exact) mass is 383 g/mol. The lowest BCUT2D eigenvalue weighted by atomic mass is 10.00. The zero-order valence-electron chi connectivity index (χ0n) is 15.6. The zero-order chi connectivity index (χ0) is 20.0. The molecule has 0 unspecified atom stereocenters. The van der Waals surface area contributed by atoms with Crippen LogP contribution >= 0.6 is 0 Å². The average Bonchev–Trinajstić information content (AvgIpc) is 3.10. The van der Waals surface area contributed by atoms with Crippen LogP contribution in [-0.2, 0) is 0 Å². The number of phenols is 2. The number of fused-ring (bicyclic) bond motifs is 3. The van der Waals surface area contributed by atoms with Crippen LogP contribution in [0.15, 0.2) is 72.9 Å². The van der Waals surface area contributed by atoms with Gasteiger partial charge in [0.05, 0.1) is 23.8 Å². The molecule has 2 aromatic heterocycles. The molecule has 6 heteroatoms. The molecule has 0 radical (unpaired) electrons. The summed E-state index contributed by atoms with van der Waals surface area (Å²) in [5.41, 5.74) is 4.63. The Hall–Kier alpha value is -4.06. The van der Waals surface area contributed by atoms with Gasteiger partial charge in [-0.1, -0.05) is 24.3 Å². The number of benzene rings is 3. The Kier molecular flexibility index (Phi) is 3.84. The van der Waals surface area contributed by atoms with Crippen LogP contribution < -0.4 is 4.74 Å². The van der Waals surface area contributed by atoms with E-state index >= 15 is 0 Å². The van der Waals surface area contributed by atoms with Gasteiger partial charge in [0.25, 0.3) is 0 Å². The molecule has 0 amide bonds. The largest absolute Gasteiger partial charge is 0.508 e. The number of ether oxygens (including phenoxy) is 1. The Morgan fingerprint density at radius 1 is 0.862 bits per heavy atom. The summed E-state index contributed by atoms with van der Waals surface area (Å²) in [6.45, 7) is 0. The van der Waals surface area contributed by atoms with Gasteiger partial charge in [0.15, 0.2) is 0 Å². The molecule has 0 atom stereocenters. The highest BCUT2D eigenvalue weighted by molar-refractivity contribution is 5.87. The average molecular weight is 383 g/mol. The van der Waals surface area contributed by atoms with E-state index in [2.05, 4.69) is 4.98 Å². The summed E-state index contributed by atoms with van der Waals surface area (Å²) >= 11 is 0. The minimum Gasteiger partial charge on any atom is -0.508 e. The third kappa shape index (κ3) is 2.82. The number of methoxy groups -OCH3 is 1. The second kappa shape index (κ2) is 6.53. The van der Waals surface area contributed by atoms with Crippen LogP contribution in [0.2, 0.25) is 0 Å². The van der Waals surface area contributed by atoms with Crippen LogP contribution in [0.1, 0.15) is 0 Å². The van der Waals surface area contributed by atoms with Crippen LogP contribution in [0.5, 0.6) is 17.2 Å². The normalized spacial score (nSPS) is 11.2. The van der Waals surface area contributed by atoms with Crippen molar-refractivity contribution in [2.45, 2.75) is 0 Å². The maximum Gasteiger partial charge on any atom is 0.235 e. The number of para-hydroxylation sites is 2. The van der Waals surface area contributed by atoms with Gasteiger partial charge in [-0.15, -0.1) is 0 Å². The van der Waals surface area contributed by atoms with Crippen LogP contribution in [0.4, 0.5) is 0 Å². The molecule has 6 nitrogen and oxygen atoms in total. The van der Waals surface area contributed by atoms with Crippen LogP contribution in [0.3, 0.4) is 0 Å². The number of rotatable bonds is 3. The van der Waals surface area contributed by atoms with Gasteiger partial charge >= 0.3 is 0 Å². The molecule has 0 aliphatic heterocycles. The van der Waals surface area contributed by atoms with Gasteiger partial charge < -0.3 is 14.9 Å². The third-order valence-electron chi connectivity index (χ3n) is 4.94. The van der Waals surface area contributed by atoms with Crippen molar-refractivity contribution in [1.29, 1.82) is 0 Å². The molecule has 2 heterocycles. The van der Waals surface area contributed by atoms with E-state index in [1.807, 2.05) is 59.1 Å². The fraction of sp³-hybridized carbons (Fsp3) is 0.0435. The van der Waals surface area contributed by atoms with Gasteiger partial charge in [-0.25, -0.2) is 9.97 Å². The number of hydrogen-bond acceptors (Lipinski definition) is 5. The Balaban J connectivity index is 1.84. The summed E-state index contributed by atoms with van der Waals surface area (Å²) in [5.74, 6) is 1.23. The number of aromatic hydroxyl groups is 2. The molecule has 0 saturated heterocycles. The van der Waals surface area contributed by atoms with Gasteiger partial charge in [-0.2, -0.15) is 0 Å². The molecule has 29 heavy (non-hydrogen) atoms. The maximum atomic E-state index is 10.5. The fourth-order valence-electron chi connectivity index (χ4n) is 3.50. The van der Waals surface area contributed by atoms with Gasteiger partial charge in [-0.3, -0.25) is 4.40 Å². The van der Waals surface area contributed by atoms with Crippen molar-refractivity contribution in [3.63, 3.8) is 0 Å². The first-order valence-corrected chi connectivity index (χ1v) is 9.08. The van der Waals surface area contributed by atoms with Crippen molar-refractivity contribution in [2.75, 3.05) is 7.11 Å². The molecule has 0 aliphatic carbocycles. The number of hydrogen-bond donors (Lipinski definition) is 2. The van der Waals surface area contributed by atoms with Crippen molar-refractivity contribution >= 4 is 16.8 Å². The Morgan fingerprint density at radius 2 is 1.66 bits per heavy atom. The summed E-state index contributed by atoms with van der Waals surface area (Å²) in [6.07, 6.45) is 1.97. The molecular formula is C23H17N3O3. The second-order valence-electron chi connectivity index (χ2n) is 6.70. The highest BCUT2D eigenvalue weighted by Crippen LogP contribution is 2.38. The van der Waals surface area contributed by atoms with Crippen molar-refractivity contribution < 1.29 is 14.9 Å². The van der Waals surface area contributed by atoms with E-state index < -0.39 is 0 Å². The number of imidazole rings is 1. The highest BCUT2D eigenvalue weighted by atomic mass is 16.5. The topological polar surface area (TPSA) is 79.9 Å². The number of phenolic OH excluding ortho intramolecular Hbond substituents is 2. The van der Waals surface area contributed by atoms with Gasteiger partial charge in [0.2, 0.25) is 5.78 Å². The quantitative estimate of drug-likeness (QED) is 0.475. The summed E-state index contributed by atoms with van der Waals surface area (Å²) in [4.78, 5) is 9.38. The SMILES string of the molecule is COc1ccc(-c2cn3c(nc2-c2ccc(O)cc2O)nc2ccccc23)cc1. The first-order valence-electron chi connectivity index (χ1n) is 9.08. The second-order valence-corrected chi connectivity index (χ2v) is 6.70. The zero-order valence-corrected chi connectivity index (χ0v) is 15.6. The van der Waals surface area contributed by atoms with E-state index in [0.29, 0.717) is 17.0 Å². The van der Waals surface area contributed by atoms with Gasteiger partial charge in [-0.05, 0) is 42.0 Å². The van der Waals surface area contributed by atoms with Crippen molar-refractivity contribution in [2.24, 2.45) is 0 Å². The third-order valence-corrected chi connectivity index (χ3v) is 4.94. The van der Waals surface area contributed by atoms with E-state index in [9.17, 15) is 10.2 Å². The minimum absolute atomic E-state index is 0.00937. The summed E-state index contributed by atoms with van der Waals surface area (Å²) < 4.78 is 7.21. The van der Waals surface area contributed by atoms with E-state index in [-0.39, 0.29) is 11.5 Å². The lowest BCUT2D eigenvalue weighted by Crippen LogP contribution is -1.97. The van der Waals surface area contributed by atoms with E-state index in [0.717, 1.165) is 27.9 Å². The van der Waals surface area contributed by atoms with Gasteiger partial charge in [0.1, 0.15) is 17.2 Å². The maximum absolute atomic E-state index is 10.5. The van der Waals surface area contributed by atoms with E-state index in [4.69, 9.17) is 9.72 Å². The lowest BCUT2D eigenvalue weighted by Gasteiger charge is -2.12. The van der Waals surface area contributed by atoms with Crippen molar-refractivity contribution in [3.05, 3.63) is 72.9 Å². The van der Waals surface area contributed by atoms with Crippen LogP contribution in [-0.4, -0.2) is 31.7 Å². The first-order chi connectivity index (χ1) is 14.1. The molecule has 0 saturated carbocycles. The molecule has 0 spiro atoms. The molecular weight excluding hydrogens is 366 g/mol. The predicted octanol–water partition coefficient (Wildman–Crippen LogP) is 4.64. The smallest absolute Gasteiger partial charge is 0.235 e. The molecule has 2 N–H and O–H groups in total. The predicted molar refractivity (Wildman–Crippen MR) is 111 cm³/mol. The van der Waals surface area contributed by atoms with Crippen molar-refractivity contribution in [3.8, 4) is 39.6 Å². The van der Waals surface area contributed by atoms with E-state index in [1.165, 1.54) is 12.1 Å². The van der Waals surface area contributed by atoms with Crippen LogP contribution in [0.25, 0.3) is 39.2 Å². The Bertz CT molecular complexity index is 1360. The first kappa shape index (κ1) is 17.1. The standard InChI is InChI=1S/C23H17N3O3/c1-29-16-9-6-14(7-10-16)18-13-26-20-5-3-2-4-19(20)24-23(26)25-22(18)17-11-8-15(27)12-21(17)28/h2-13,27-28H,1H3. The molecule has 0 fully saturated rings. The summed E-state index contributed by atoms with van der Waals surface area (Å²) in [6, 6.07) is 20.0. The molecule has 5 rings (SSSR count). The molecule has 142 valence electrons.